The Morgan fingerprint density at radius 1 is 1.18 bits per heavy atom. The standard InChI is InChI=1S/C21H17N3O4/c25-18(23-15-9-10-27-16-7-3-1-5-13(15)16)11-24-12-22-19-14-6-2-4-8-17(14)28-20(19)21(24)26/h1-8,12,15H,9-11H2,(H,23,25). The molecule has 28 heavy (non-hydrogen) atoms. The Labute approximate surface area is 159 Å². The molecule has 1 aliphatic heterocycles. The van der Waals surface area contributed by atoms with Crippen LogP contribution in [0, 0.1) is 0 Å². The fraction of sp³-hybridized carbons (Fsp3) is 0.190. The molecule has 1 unspecified atom stereocenters. The molecule has 5 rings (SSSR count). The van der Waals surface area contributed by atoms with Gasteiger partial charge in [-0.05, 0) is 18.2 Å². The Kier molecular flexibility index (Phi) is 3.86. The SMILES string of the molecule is O=C(Cn1cnc2c(oc3ccccc32)c1=O)NC1CCOc2ccccc21. The Morgan fingerprint density at radius 2 is 2.00 bits per heavy atom. The lowest BCUT2D eigenvalue weighted by atomic mass is 10.0. The molecule has 3 heterocycles. The minimum atomic E-state index is -0.372. The number of rotatable bonds is 3. The quantitative estimate of drug-likeness (QED) is 0.595. The zero-order valence-corrected chi connectivity index (χ0v) is 14.9. The van der Waals surface area contributed by atoms with Crippen LogP contribution in [0.3, 0.4) is 0 Å². The van der Waals surface area contributed by atoms with Crippen molar-refractivity contribution in [1.82, 2.24) is 14.9 Å². The highest BCUT2D eigenvalue weighted by Gasteiger charge is 2.23. The smallest absolute Gasteiger partial charge is 0.297 e. The molecule has 2 aromatic carbocycles. The van der Waals surface area contributed by atoms with E-state index in [0.29, 0.717) is 24.1 Å². The Hall–Kier alpha value is -3.61. The number of furan rings is 1. The largest absolute Gasteiger partial charge is 0.493 e. The summed E-state index contributed by atoms with van der Waals surface area (Å²) in [5.74, 6) is 0.516. The molecule has 0 aliphatic carbocycles. The number of carbonyl (C=O) groups excluding carboxylic acids is 1. The van der Waals surface area contributed by atoms with E-state index in [0.717, 1.165) is 16.7 Å². The number of carbonyl (C=O) groups is 1. The minimum absolute atomic E-state index is 0.127. The first-order valence-electron chi connectivity index (χ1n) is 9.08. The van der Waals surface area contributed by atoms with Crippen LogP contribution in [0.4, 0.5) is 0 Å². The van der Waals surface area contributed by atoms with Crippen molar-refractivity contribution in [1.29, 1.82) is 0 Å². The third-order valence-electron chi connectivity index (χ3n) is 4.96. The first-order valence-corrected chi connectivity index (χ1v) is 9.08. The normalized spacial score (nSPS) is 15.9. The molecule has 1 amide bonds. The van der Waals surface area contributed by atoms with E-state index in [1.807, 2.05) is 42.5 Å². The molecule has 1 N–H and O–H groups in total. The predicted octanol–water partition coefficient (Wildman–Crippen LogP) is 2.78. The third kappa shape index (κ3) is 2.72. The van der Waals surface area contributed by atoms with Crippen molar-refractivity contribution < 1.29 is 13.9 Å². The summed E-state index contributed by atoms with van der Waals surface area (Å²) in [6.45, 7) is 0.409. The van der Waals surface area contributed by atoms with E-state index < -0.39 is 0 Å². The second-order valence-corrected chi connectivity index (χ2v) is 6.75. The van der Waals surface area contributed by atoms with Crippen molar-refractivity contribution in [2.45, 2.75) is 19.0 Å². The van der Waals surface area contributed by atoms with E-state index in [-0.39, 0.29) is 29.6 Å². The van der Waals surface area contributed by atoms with Crippen LogP contribution in [0.5, 0.6) is 5.75 Å². The van der Waals surface area contributed by atoms with Gasteiger partial charge in [0, 0.05) is 17.4 Å². The van der Waals surface area contributed by atoms with E-state index in [1.165, 1.54) is 10.9 Å². The fourth-order valence-corrected chi connectivity index (χ4v) is 3.61. The molecule has 2 aromatic heterocycles. The number of hydrogen-bond donors (Lipinski definition) is 1. The van der Waals surface area contributed by atoms with Gasteiger partial charge in [-0.3, -0.25) is 14.2 Å². The molecule has 4 aromatic rings. The molecule has 0 fully saturated rings. The summed E-state index contributed by atoms with van der Waals surface area (Å²) in [5.41, 5.74) is 1.84. The van der Waals surface area contributed by atoms with Gasteiger partial charge in [-0.2, -0.15) is 0 Å². The van der Waals surface area contributed by atoms with E-state index in [2.05, 4.69) is 10.3 Å². The molecular weight excluding hydrogens is 358 g/mol. The number of benzene rings is 2. The van der Waals surface area contributed by atoms with E-state index in [4.69, 9.17) is 9.15 Å². The maximum Gasteiger partial charge on any atom is 0.297 e. The molecule has 0 saturated carbocycles. The zero-order valence-electron chi connectivity index (χ0n) is 14.9. The second kappa shape index (κ2) is 6.53. The van der Waals surface area contributed by atoms with Gasteiger partial charge in [0.1, 0.15) is 23.4 Å². The average Bonchev–Trinajstić information content (AvgIpc) is 3.10. The van der Waals surface area contributed by atoms with E-state index in [1.54, 1.807) is 6.07 Å². The minimum Gasteiger partial charge on any atom is -0.493 e. The summed E-state index contributed by atoms with van der Waals surface area (Å²) < 4.78 is 12.5. The summed E-state index contributed by atoms with van der Waals surface area (Å²) in [4.78, 5) is 29.7. The van der Waals surface area contributed by atoms with Gasteiger partial charge < -0.3 is 14.5 Å². The van der Waals surface area contributed by atoms with Crippen LogP contribution >= 0.6 is 0 Å². The molecule has 1 aliphatic rings. The summed E-state index contributed by atoms with van der Waals surface area (Å²) in [7, 11) is 0. The lowest BCUT2D eigenvalue weighted by Gasteiger charge is -2.26. The number of fused-ring (bicyclic) bond motifs is 4. The lowest BCUT2D eigenvalue weighted by molar-refractivity contribution is -0.122. The van der Waals surface area contributed by atoms with Crippen LogP contribution in [0.1, 0.15) is 18.0 Å². The van der Waals surface area contributed by atoms with Crippen LogP contribution in [0.15, 0.2) is 64.1 Å². The molecule has 7 heteroatoms. The molecule has 7 nitrogen and oxygen atoms in total. The van der Waals surface area contributed by atoms with Crippen molar-refractivity contribution in [3.05, 3.63) is 70.8 Å². The average molecular weight is 375 g/mol. The van der Waals surface area contributed by atoms with Gasteiger partial charge in [0.05, 0.1) is 19.0 Å². The summed E-state index contributed by atoms with van der Waals surface area (Å²) in [5, 5.41) is 3.77. The monoisotopic (exact) mass is 375 g/mol. The highest BCUT2D eigenvalue weighted by atomic mass is 16.5. The fourth-order valence-electron chi connectivity index (χ4n) is 3.61. The van der Waals surface area contributed by atoms with Crippen LogP contribution in [-0.2, 0) is 11.3 Å². The molecule has 140 valence electrons. The number of hydrogen-bond acceptors (Lipinski definition) is 5. The molecule has 0 spiro atoms. The first-order chi connectivity index (χ1) is 13.7. The Balaban J connectivity index is 1.41. The van der Waals surface area contributed by atoms with Crippen LogP contribution < -0.4 is 15.6 Å². The molecule has 0 radical (unpaired) electrons. The molecule has 0 saturated heterocycles. The molecular formula is C21H17N3O4. The van der Waals surface area contributed by atoms with E-state index in [9.17, 15) is 9.59 Å². The summed E-state index contributed by atoms with van der Waals surface area (Å²) >= 11 is 0. The summed E-state index contributed by atoms with van der Waals surface area (Å²) in [6.07, 6.45) is 2.07. The van der Waals surface area contributed by atoms with Crippen molar-refractivity contribution >= 4 is 28.0 Å². The molecule has 0 bridgehead atoms. The number of para-hydroxylation sites is 2. The third-order valence-corrected chi connectivity index (χ3v) is 4.96. The maximum atomic E-state index is 12.8. The Morgan fingerprint density at radius 3 is 2.93 bits per heavy atom. The van der Waals surface area contributed by atoms with Gasteiger partial charge in [0.25, 0.3) is 5.56 Å². The topological polar surface area (TPSA) is 86.4 Å². The van der Waals surface area contributed by atoms with Crippen molar-refractivity contribution in [2.75, 3.05) is 6.61 Å². The lowest BCUT2D eigenvalue weighted by Crippen LogP contribution is -2.36. The number of nitrogens with zero attached hydrogens (tertiary/aromatic N) is 2. The van der Waals surface area contributed by atoms with Gasteiger partial charge >= 0.3 is 0 Å². The van der Waals surface area contributed by atoms with Crippen molar-refractivity contribution in [3.63, 3.8) is 0 Å². The number of ether oxygens (including phenoxy) is 1. The van der Waals surface area contributed by atoms with Gasteiger partial charge in [-0.15, -0.1) is 0 Å². The maximum absolute atomic E-state index is 12.8. The van der Waals surface area contributed by atoms with Gasteiger partial charge in [0.2, 0.25) is 11.5 Å². The first kappa shape index (κ1) is 16.6. The second-order valence-electron chi connectivity index (χ2n) is 6.75. The highest BCUT2D eigenvalue weighted by Crippen LogP contribution is 2.31. The van der Waals surface area contributed by atoms with Crippen molar-refractivity contribution in [2.24, 2.45) is 0 Å². The van der Waals surface area contributed by atoms with Crippen LogP contribution in [0.2, 0.25) is 0 Å². The number of amides is 1. The Bertz CT molecular complexity index is 1260. The van der Waals surface area contributed by atoms with Gasteiger partial charge in [-0.1, -0.05) is 30.3 Å². The number of aromatic nitrogens is 2. The summed E-state index contributed by atoms with van der Waals surface area (Å²) in [6, 6.07) is 14.8. The predicted molar refractivity (Wildman–Crippen MR) is 103 cm³/mol. The zero-order chi connectivity index (χ0) is 19.1. The van der Waals surface area contributed by atoms with Crippen LogP contribution in [-0.4, -0.2) is 22.1 Å². The van der Waals surface area contributed by atoms with Gasteiger partial charge in [0.15, 0.2) is 0 Å². The van der Waals surface area contributed by atoms with Gasteiger partial charge in [-0.25, -0.2) is 4.98 Å². The van der Waals surface area contributed by atoms with Crippen molar-refractivity contribution in [3.8, 4) is 5.75 Å². The van der Waals surface area contributed by atoms with E-state index >= 15 is 0 Å². The highest BCUT2D eigenvalue weighted by molar-refractivity contribution is 6.01. The van der Waals surface area contributed by atoms with Crippen LogP contribution in [0.25, 0.3) is 22.1 Å². The molecule has 1 atom stereocenters. The number of nitrogens with one attached hydrogen (secondary N) is 1.